The molecule has 11 heteroatoms. The second-order valence-corrected chi connectivity index (χ2v) is 13.0. The average molecular weight is 842 g/mol. The van der Waals surface area contributed by atoms with E-state index in [2.05, 4.69) is 95.6 Å². The molecule has 0 atom stereocenters. The molecule has 3 aromatic rings. The molecular formula is C21H15Br6O4P. The first-order valence-corrected chi connectivity index (χ1v) is 15.2. The highest BCUT2D eigenvalue weighted by atomic mass is 79.9. The van der Waals surface area contributed by atoms with Crippen molar-refractivity contribution in [2.24, 2.45) is 0 Å². The molecule has 0 spiro atoms. The Kier molecular flexibility index (Phi) is 10.7. The van der Waals surface area contributed by atoms with Crippen molar-refractivity contribution in [1.29, 1.82) is 0 Å². The third kappa shape index (κ3) is 7.33. The van der Waals surface area contributed by atoms with Gasteiger partial charge in [0.05, 0.1) is 19.8 Å². The fourth-order valence-electron chi connectivity index (χ4n) is 2.54. The Bertz CT molecular complexity index is 1020. The lowest BCUT2D eigenvalue weighted by Gasteiger charge is -2.20. The zero-order valence-corrected chi connectivity index (χ0v) is 26.6. The van der Waals surface area contributed by atoms with E-state index in [-0.39, 0.29) is 19.8 Å². The van der Waals surface area contributed by atoms with Crippen molar-refractivity contribution >= 4 is 103 Å². The molecule has 3 rings (SSSR count). The van der Waals surface area contributed by atoms with Gasteiger partial charge in [0, 0.05) is 26.8 Å². The largest absolute Gasteiger partial charge is 0.475 e. The van der Waals surface area contributed by atoms with E-state index in [4.69, 9.17) is 13.6 Å². The molecule has 0 amide bonds. The molecular weight excluding hydrogens is 827 g/mol. The van der Waals surface area contributed by atoms with Crippen molar-refractivity contribution in [3.8, 4) is 0 Å². The summed E-state index contributed by atoms with van der Waals surface area (Å²) in [5, 5.41) is 0. The molecule has 0 aliphatic rings. The molecule has 0 heterocycles. The summed E-state index contributed by atoms with van der Waals surface area (Å²) in [4.78, 5) is 0. The molecule has 0 aliphatic carbocycles. The number of halogens is 6. The summed E-state index contributed by atoms with van der Waals surface area (Å²) < 4.78 is 35.8. The molecule has 0 saturated carbocycles. The first kappa shape index (κ1) is 27.2. The summed E-state index contributed by atoms with van der Waals surface area (Å²) in [6.07, 6.45) is 0. The van der Waals surface area contributed by atoms with E-state index in [1.807, 2.05) is 54.6 Å². The van der Waals surface area contributed by atoms with Gasteiger partial charge in [0.15, 0.2) is 0 Å². The van der Waals surface area contributed by atoms with E-state index in [0.29, 0.717) is 0 Å². The van der Waals surface area contributed by atoms with Crippen LogP contribution in [-0.4, -0.2) is 0 Å². The van der Waals surface area contributed by atoms with Crippen LogP contribution in [0.5, 0.6) is 0 Å². The molecule has 0 aromatic heterocycles. The van der Waals surface area contributed by atoms with Gasteiger partial charge in [0.1, 0.15) is 0 Å². The van der Waals surface area contributed by atoms with Gasteiger partial charge in [-0.25, -0.2) is 4.57 Å². The van der Waals surface area contributed by atoms with E-state index >= 15 is 0 Å². The first-order valence-electron chi connectivity index (χ1n) is 9.02. The van der Waals surface area contributed by atoms with Crippen molar-refractivity contribution in [2.75, 3.05) is 0 Å². The molecule has 3 aromatic carbocycles. The van der Waals surface area contributed by atoms with Crippen molar-refractivity contribution in [3.05, 3.63) is 98.1 Å². The number of phosphoric ester groups is 1. The van der Waals surface area contributed by atoms with Crippen LogP contribution in [0, 0.1) is 0 Å². The summed E-state index contributed by atoms with van der Waals surface area (Å²) >= 11 is 20.9. The second-order valence-electron chi connectivity index (χ2n) is 6.41. The van der Waals surface area contributed by atoms with E-state index in [9.17, 15) is 4.57 Å². The Labute approximate surface area is 237 Å². The molecule has 0 unspecified atom stereocenters. The van der Waals surface area contributed by atoms with Gasteiger partial charge in [-0.1, -0.05) is 36.4 Å². The van der Waals surface area contributed by atoms with Gasteiger partial charge in [0.25, 0.3) is 0 Å². The van der Waals surface area contributed by atoms with E-state index in [1.54, 1.807) is 0 Å². The van der Waals surface area contributed by atoms with Gasteiger partial charge in [-0.15, -0.1) is 0 Å². The molecule has 170 valence electrons. The van der Waals surface area contributed by atoms with Crippen molar-refractivity contribution in [1.82, 2.24) is 0 Å². The normalized spacial score (nSPS) is 11.7. The Morgan fingerprint density at radius 1 is 0.531 bits per heavy atom. The fraction of sp³-hybridized carbons (Fsp3) is 0.143. The molecule has 0 radical (unpaired) electrons. The monoisotopic (exact) mass is 836 g/mol. The molecule has 0 aliphatic heterocycles. The van der Waals surface area contributed by atoms with Gasteiger partial charge < -0.3 is 0 Å². The fourth-order valence-corrected chi connectivity index (χ4v) is 6.01. The summed E-state index contributed by atoms with van der Waals surface area (Å²) in [5.74, 6) is 0. The highest BCUT2D eigenvalue weighted by Gasteiger charge is 2.28. The first-order chi connectivity index (χ1) is 15.2. The highest BCUT2D eigenvalue weighted by molar-refractivity contribution is 9.13. The zero-order valence-electron chi connectivity index (χ0n) is 16.2. The summed E-state index contributed by atoms with van der Waals surface area (Å²) in [5.41, 5.74) is 2.41. The lowest BCUT2D eigenvalue weighted by Crippen LogP contribution is -2.03. The number of rotatable bonds is 9. The Morgan fingerprint density at radius 2 is 0.812 bits per heavy atom. The van der Waals surface area contributed by atoms with E-state index in [0.717, 1.165) is 43.5 Å². The highest BCUT2D eigenvalue weighted by Crippen LogP contribution is 2.52. The van der Waals surface area contributed by atoms with Gasteiger partial charge in [-0.05, 0) is 130 Å². The van der Waals surface area contributed by atoms with Crippen LogP contribution >= 0.6 is 103 Å². The molecule has 32 heavy (non-hydrogen) atoms. The third-order valence-corrected chi connectivity index (χ3v) is 12.0. The smallest absolute Gasteiger partial charge is 0.282 e. The zero-order chi connectivity index (χ0) is 23.3. The third-order valence-electron chi connectivity index (χ3n) is 4.23. The Morgan fingerprint density at radius 3 is 1.09 bits per heavy atom. The van der Waals surface area contributed by atoms with E-state index < -0.39 is 7.82 Å². The van der Waals surface area contributed by atoms with Crippen molar-refractivity contribution in [3.63, 3.8) is 0 Å². The standard InChI is InChI=1S/C21H15Br6O4P/c22-16-7-1-4-13(19(16)25)10-29-32(28,30-11-14-5-2-8-17(23)20(14)26)31-12-15-6-3-9-18(24)21(15)27/h1-9H,10-12H2. The van der Waals surface area contributed by atoms with E-state index in [1.165, 1.54) is 0 Å². The van der Waals surface area contributed by atoms with Crippen LogP contribution in [-0.2, 0) is 38.0 Å². The number of benzene rings is 3. The number of phosphoric acid groups is 1. The summed E-state index contributed by atoms with van der Waals surface area (Å²) in [7, 11) is -3.93. The molecule has 0 bridgehead atoms. The number of hydrogen-bond donors (Lipinski definition) is 0. The van der Waals surface area contributed by atoms with Gasteiger partial charge in [-0.2, -0.15) is 0 Å². The minimum absolute atomic E-state index is 0.0383. The minimum atomic E-state index is -3.93. The average Bonchev–Trinajstić information content (AvgIpc) is 2.77. The predicted octanol–water partition coefficient (Wildman–Crippen LogP) is 10.3. The lowest BCUT2D eigenvalue weighted by molar-refractivity contribution is 0.0974. The van der Waals surface area contributed by atoms with Crippen molar-refractivity contribution < 1.29 is 18.1 Å². The van der Waals surface area contributed by atoms with Gasteiger partial charge in [-0.3, -0.25) is 13.6 Å². The molecule has 0 fully saturated rings. The van der Waals surface area contributed by atoms with Crippen LogP contribution < -0.4 is 0 Å². The lowest BCUT2D eigenvalue weighted by atomic mass is 10.2. The minimum Gasteiger partial charge on any atom is -0.282 e. The second kappa shape index (κ2) is 12.6. The Hall–Kier alpha value is 0.650. The molecule has 4 nitrogen and oxygen atoms in total. The van der Waals surface area contributed by atoms with Crippen molar-refractivity contribution in [2.45, 2.75) is 19.8 Å². The molecule has 0 N–H and O–H groups in total. The molecule has 0 saturated heterocycles. The maximum absolute atomic E-state index is 13.6. The van der Waals surface area contributed by atoms with Crippen LogP contribution in [0.4, 0.5) is 0 Å². The van der Waals surface area contributed by atoms with Crippen LogP contribution in [0.2, 0.25) is 0 Å². The van der Waals surface area contributed by atoms with Crippen LogP contribution in [0.3, 0.4) is 0 Å². The van der Waals surface area contributed by atoms with Crippen LogP contribution in [0.15, 0.2) is 81.4 Å². The SMILES string of the molecule is O=P(OCc1cccc(Br)c1Br)(OCc1cccc(Br)c1Br)OCc1cccc(Br)c1Br. The maximum atomic E-state index is 13.6. The van der Waals surface area contributed by atoms with Crippen LogP contribution in [0.1, 0.15) is 16.7 Å². The number of hydrogen-bond acceptors (Lipinski definition) is 4. The van der Waals surface area contributed by atoms with Gasteiger partial charge >= 0.3 is 7.82 Å². The van der Waals surface area contributed by atoms with Gasteiger partial charge in [0.2, 0.25) is 0 Å². The predicted molar refractivity (Wildman–Crippen MR) is 147 cm³/mol. The topological polar surface area (TPSA) is 44.8 Å². The maximum Gasteiger partial charge on any atom is 0.475 e. The quantitative estimate of drug-likeness (QED) is 0.201. The Balaban J connectivity index is 1.80. The van der Waals surface area contributed by atoms with Crippen LogP contribution in [0.25, 0.3) is 0 Å². The summed E-state index contributed by atoms with van der Waals surface area (Å²) in [6.45, 7) is 0.115. The summed E-state index contributed by atoms with van der Waals surface area (Å²) in [6, 6.07) is 16.9.